The summed E-state index contributed by atoms with van der Waals surface area (Å²) in [6.45, 7) is 2.04. The van der Waals surface area contributed by atoms with Gasteiger partial charge in [0.15, 0.2) is 11.5 Å². The van der Waals surface area contributed by atoms with Gasteiger partial charge in [-0.3, -0.25) is 4.79 Å². The SMILES string of the molecule is CCCSC(=O)/C=C/c1cc(OC)c(OC)c(OC)c1. The molecule has 1 aromatic rings. The van der Waals surface area contributed by atoms with Gasteiger partial charge in [-0.1, -0.05) is 24.8 Å². The van der Waals surface area contributed by atoms with E-state index in [2.05, 4.69) is 0 Å². The lowest BCUT2D eigenvalue weighted by Crippen LogP contribution is -1.95. The van der Waals surface area contributed by atoms with Crippen molar-refractivity contribution in [2.24, 2.45) is 0 Å². The van der Waals surface area contributed by atoms with Crippen LogP contribution in [0.25, 0.3) is 6.08 Å². The maximum atomic E-state index is 11.6. The number of rotatable bonds is 7. The molecule has 0 N–H and O–H groups in total. The number of methoxy groups -OCH3 is 3. The van der Waals surface area contributed by atoms with Crippen LogP contribution in [0.15, 0.2) is 18.2 Å². The van der Waals surface area contributed by atoms with Crippen LogP contribution < -0.4 is 14.2 Å². The summed E-state index contributed by atoms with van der Waals surface area (Å²) in [7, 11) is 4.68. The molecule has 0 saturated heterocycles. The van der Waals surface area contributed by atoms with Crippen LogP contribution in [0.4, 0.5) is 0 Å². The Labute approximate surface area is 124 Å². The standard InChI is InChI=1S/C15H20O4S/c1-5-8-20-14(16)7-6-11-9-12(17-2)15(19-4)13(10-11)18-3/h6-7,9-10H,5,8H2,1-4H3/b7-6+. The Kier molecular flexibility index (Phi) is 7.01. The number of carbonyl (C=O) groups is 1. The summed E-state index contributed by atoms with van der Waals surface area (Å²) in [6.07, 6.45) is 4.28. The second kappa shape index (κ2) is 8.53. The Morgan fingerprint density at radius 1 is 1.15 bits per heavy atom. The zero-order valence-corrected chi connectivity index (χ0v) is 13.1. The van der Waals surface area contributed by atoms with E-state index in [1.807, 2.05) is 6.92 Å². The highest BCUT2D eigenvalue weighted by molar-refractivity contribution is 8.14. The number of benzene rings is 1. The summed E-state index contributed by atoms with van der Waals surface area (Å²) in [6, 6.07) is 3.60. The third kappa shape index (κ3) is 4.49. The van der Waals surface area contributed by atoms with Crippen LogP contribution in [0.2, 0.25) is 0 Å². The minimum Gasteiger partial charge on any atom is -0.493 e. The van der Waals surface area contributed by atoms with Gasteiger partial charge in [0.2, 0.25) is 10.9 Å². The molecule has 0 radical (unpaired) electrons. The molecule has 0 aromatic heterocycles. The fourth-order valence-electron chi connectivity index (χ4n) is 1.61. The molecule has 20 heavy (non-hydrogen) atoms. The number of thioether (sulfide) groups is 1. The van der Waals surface area contributed by atoms with E-state index in [0.29, 0.717) is 17.2 Å². The fraction of sp³-hybridized carbons (Fsp3) is 0.400. The summed E-state index contributed by atoms with van der Waals surface area (Å²) in [5.74, 6) is 2.51. The van der Waals surface area contributed by atoms with Crippen LogP contribution in [-0.4, -0.2) is 32.2 Å². The van der Waals surface area contributed by atoms with E-state index in [1.54, 1.807) is 45.6 Å². The predicted molar refractivity (Wildman–Crippen MR) is 82.9 cm³/mol. The van der Waals surface area contributed by atoms with E-state index < -0.39 is 0 Å². The average molecular weight is 296 g/mol. The summed E-state index contributed by atoms with van der Waals surface area (Å²) in [4.78, 5) is 11.6. The predicted octanol–water partition coefficient (Wildman–Crippen LogP) is 3.40. The maximum Gasteiger partial charge on any atom is 0.212 e. The first-order valence-electron chi connectivity index (χ1n) is 6.31. The van der Waals surface area contributed by atoms with Crippen molar-refractivity contribution >= 4 is 23.0 Å². The largest absolute Gasteiger partial charge is 0.493 e. The van der Waals surface area contributed by atoms with Crippen molar-refractivity contribution < 1.29 is 19.0 Å². The van der Waals surface area contributed by atoms with Crippen molar-refractivity contribution in [3.05, 3.63) is 23.8 Å². The first-order valence-corrected chi connectivity index (χ1v) is 7.29. The summed E-state index contributed by atoms with van der Waals surface area (Å²) in [5.41, 5.74) is 0.824. The Bertz CT molecular complexity index is 458. The molecule has 0 atom stereocenters. The van der Waals surface area contributed by atoms with Crippen LogP contribution in [0.5, 0.6) is 17.2 Å². The topological polar surface area (TPSA) is 44.8 Å². The number of carbonyl (C=O) groups excluding carboxylic acids is 1. The number of ether oxygens (including phenoxy) is 3. The molecular formula is C15H20O4S. The molecule has 4 nitrogen and oxygen atoms in total. The molecular weight excluding hydrogens is 276 g/mol. The van der Waals surface area contributed by atoms with Gasteiger partial charge in [-0.25, -0.2) is 0 Å². The average Bonchev–Trinajstić information content (AvgIpc) is 2.49. The third-order valence-corrected chi connectivity index (χ3v) is 3.58. The van der Waals surface area contributed by atoms with E-state index >= 15 is 0 Å². The molecule has 0 aliphatic rings. The molecule has 0 amide bonds. The van der Waals surface area contributed by atoms with Gasteiger partial charge in [-0.2, -0.15) is 0 Å². The van der Waals surface area contributed by atoms with Crippen LogP contribution in [-0.2, 0) is 4.79 Å². The quantitative estimate of drug-likeness (QED) is 0.722. The van der Waals surface area contributed by atoms with Gasteiger partial charge in [-0.05, 0) is 30.2 Å². The first-order chi connectivity index (χ1) is 9.65. The van der Waals surface area contributed by atoms with Crippen molar-refractivity contribution in [1.29, 1.82) is 0 Å². The van der Waals surface area contributed by atoms with Crippen LogP contribution >= 0.6 is 11.8 Å². The first kappa shape index (κ1) is 16.4. The highest BCUT2D eigenvalue weighted by Crippen LogP contribution is 2.38. The molecule has 5 heteroatoms. The van der Waals surface area contributed by atoms with Gasteiger partial charge in [0, 0.05) is 5.75 Å². The smallest absolute Gasteiger partial charge is 0.212 e. The second-order valence-corrected chi connectivity index (χ2v) is 5.06. The Morgan fingerprint density at radius 3 is 2.20 bits per heavy atom. The van der Waals surface area contributed by atoms with Gasteiger partial charge < -0.3 is 14.2 Å². The summed E-state index contributed by atoms with van der Waals surface area (Å²) >= 11 is 1.31. The summed E-state index contributed by atoms with van der Waals surface area (Å²) < 4.78 is 15.8. The lowest BCUT2D eigenvalue weighted by Gasteiger charge is -2.12. The van der Waals surface area contributed by atoms with E-state index in [0.717, 1.165) is 17.7 Å². The second-order valence-electron chi connectivity index (χ2n) is 3.96. The summed E-state index contributed by atoms with van der Waals surface area (Å²) in [5, 5.41) is 0.0422. The van der Waals surface area contributed by atoms with Crippen molar-refractivity contribution in [1.82, 2.24) is 0 Å². The molecule has 0 spiro atoms. The Morgan fingerprint density at radius 2 is 1.75 bits per heavy atom. The highest BCUT2D eigenvalue weighted by Gasteiger charge is 2.12. The molecule has 0 aliphatic carbocycles. The normalized spacial score (nSPS) is 10.6. The zero-order valence-electron chi connectivity index (χ0n) is 12.3. The minimum atomic E-state index is 0.0422. The lowest BCUT2D eigenvalue weighted by molar-refractivity contribution is -0.106. The van der Waals surface area contributed by atoms with E-state index in [1.165, 1.54) is 11.8 Å². The molecule has 0 bridgehead atoms. The Hall–Kier alpha value is -1.62. The molecule has 1 rings (SSSR count). The van der Waals surface area contributed by atoms with Crippen molar-refractivity contribution in [2.45, 2.75) is 13.3 Å². The monoisotopic (exact) mass is 296 g/mol. The van der Waals surface area contributed by atoms with Crippen LogP contribution in [0.1, 0.15) is 18.9 Å². The molecule has 0 aliphatic heterocycles. The van der Waals surface area contributed by atoms with Crippen molar-refractivity contribution in [2.75, 3.05) is 27.1 Å². The molecule has 0 heterocycles. The molecule has 110 valence electrons. The molecule has 1 aromatic carbocycles. The number of hydrogen-bond acceptors (Lipinski definition) is 5. The fourth-order valence-corrected chi connectivity index (χ4v) is 2.18. The molecule has 0 saturated carbocycles. The van der Waals surface area contributed by atoms with Gasteiger partial charge in [0.05, 0.1) is 21.3 Å². The van der Waals surface area contributed by atoms with E-state index in [4.69, 9.17) is 14.2 Å². The van der Waals surface area contributed by atoms with Gasteiger partial charge in [-0.15, -0.1) is 0 Å². The molecule has 0 unspecified atom stereocenters. The van der Waals surface area contributed by atoms with E-state index in [-0.39, 0.29) is 5.12 Å². The van der Waals surface area contributed by atoms with Crippen LogP contribution in [0.3, 0.4) is 0 Å². The van der Waals surface area contributed by atoms with Crippen LogP contribution in [0, 0.1) is 0 Å². The number of hydrogen-bond donors (Lipinski definition) is 0. The van der Waals surface area contributed by atoms with E-state index in [9.17, 15) is 4.79 Å². The lowest BCUT2D eigenvalue weighted by atomic mass is 10.1. The Balaban J connectivity index is 2.96. The van der Waals surface area contributed by atoms with Crippen molar-refractivity contribution in [3.63, 3.8) is 0 Å². The minimum absolute atomic E-state index is 0.0422. The highest BCUT2D eigenvalue weighted by atomic mass is 32.2. The van der Waals surface area contributed by atoms with Crippen molar-refractivity contribution in [3.8, 4) is 17.2 Å². The third-order valence-electron chi connectivity index (χ3n) is 2.55. The maximum absolute atomic E-state index is 11.6. The van der Waals surface area contributed by atoms with Gasteiger partial charge in [0.1, 0.15) is 0 Å². The zero-order chi connectivity index (χ0) is 15.0. The van der Waals surface area contributed by atoms with Gasteiger partial charge >= 0.3 is 0 Å². The molecule has 0 fully saturated rings. The van der Waals surface area contributed by atoms with Gasteiger partial charge in [0.25, 0.3) is 0 Å².